The molecule has 0 saturated carbocycles. The lowest BCUT2D eigenvalue weighted by Gasteiger charge is -2.21. The Balaban J connectivity index is 2.12. The van der Waals surface area contributed by atoms with Crippen LogP contribution in [0.1, 0.15) is 18.7 Å². The molecular weight excluding hydrogens is 222 g/mol. The first-order valence-corrected chi connectivity index (χ1v) is 6.64. The number of thiophene rings is 1. The van der Waals surface area contributed by atoms with E-state index in [0.717, 1.165) is 13.1 Å². The van der Waals surface area contributed by atoms with E-state index in [2.05, 4.69) is 18.7 Å². The van der Waals surface area contributed by atoms with Gasteiger partial charge < -0.3 is 14.7 Å². The first kappa shape index (κ1) is 13.6. The third kappa shape index (κ3) is 5.07. The van der Waals surface area contributed by atoms with Gasteiger partial charge in [-0.15, -0.1) is 11.3 Å². The van der Waals surface area contributed by atoms with Gasteiger partial charge in [-0.3, -0.25) is 0 Å². The van der Waals surface area contributed by atoms with Crippen molar-refractivity contribution in [3.8, 4) is 0 Å². The maximum atomic E-state index is 9.75. The van der Waals surface area contributed by atoms with E-state index in [9.17, 15) is 5.11 Å². The zero-order chi connectivity index (χ0) is 11.8. The number of hydrogen-bond acceptors (Lipinski definition) is 4. The molecule has 1 rings (SSSR count). The smallest absolute Gasteiger partial charge is 0.0900 e. The molecule has 0 saturated heterocycles. The highest BCUT2D eigenvalue weighted by Gasteiger charge is 2.08. The molecule has 0 aliphatic heterocycles. The fraction of sp³-hybridized carbons (Fsp3) is 0.667. The standard InChI is InChI=1S/C12H21NO2S/c1-3-13(4-2)8-11(14)9-15-10-12-6-5-7-16-12/h5-7,11,14H,3-4,8-10H2,1-2H3. The minimum Gasteiger partial charge on any atom is -0.389 e. The zero-order valence-corrected chi connectivity index (χ0v) is 10.9. The lowest BCUT2D eigenvalue weighted by Crippen LogP contribution is -2.34. The van der Waals surface area contributed by atoms with Gasteiger partial charge in [-0.1, -0.05) is 19.9 Å². The van der Waals surface area contributed by atoms with Crippen molar-refractivity contribution in [1.29, 1.82) is 0 Å². The fourth-order valence-corrected chi connectivity index (χ4v) is 2.16. The summed E-state index contributed by atoms with van der Waals surface area (Å²) < 4.78 is 5.46. The van der Waals surface area contributed by atoms with Crippen LogP contribution < -0.4 is 0 Å². The van der Waals surface area contributed by atoms with E-state index in [-0.39, 0.29) is 6.10 Å². The van der Waals surface area contributed by atoms with E-state index >= 15 is 0 Å². The third-order valence-electron chi connectivity index (χ3n) is 2.50. The zero-order valence-electron chi connectivity index (χ0n) is 10.1. The van der Waals surface area contributed by atoms with Crippen molar-refractivity contribution in [2.24, 2.45) is 0 Å². The highest BCUT2D eigenvalue weighted by Crippen LogP contribution is 2.09. The van der Waals surface area contributed by atoms with Crippen LogP contribution in [-0.4, -0.2) is 42.4 Å². The minimum atomic E-state index is -0.389. The number of likely N-dealkylation sites (N-methyl/N-ethyl adjacent to an activating group) is 1. The molecule has 1 unspecified atom stereocenters. The summed E-state index contributed by atoms with van der Waals surface area (Å²) in [5.74, 6) is 0. The predicted molar refractivity (Wildman–Crippen MR) is 67.8 cm³/mol. The molecule has 16 heavy (non-hydrogen) atoms. The summed E-state index contributed by atoms with van der Waals surface area (Å²) >= 11 is 1.68. The molecule has 0 amide bonds. The van der Waals surface area contributed by atoms with Crippen molar-refractivity contribution < 1.29 is 9.84 Å². The van der Waals surface area contributed by atoms with Crippen LogP contribution in [0.25, 0.3) is 0 Å². The van der Waals surface area contributed by atoms with Crippen molar-refractivity contribution in [2.45, 2.75) is 26.6 Å². The Kier molecular flexibility index (Phi) is 6.64. The molecule has 0 bridgehead atoms. The van der Waals surface area contributed by atoms with Gasteiger partial charge in [0.25, 0.3) is 0 Å². The number of nitrogens with zero attached hydrogens (tertiary/aromatic N) is 1. The van der Waals surface area contributed by atoms with E-state index < -0.39 is 0 Å². The SMILES string of the molecule is CCN(CC)CC(O)COCc1cccs1. The summed E-state index contributed by atoms with van der Waals surface area (Å²) in [6.07, 6.45) is -0.389. The van der Waals surface area contributed by atoms with Gasteiger partial charge in [0.1, 0.15) is 0 Å². The molecule has 0 fully saturated rings. The monoisotopic (exact) mass is 243 g/mol. The molecule has 92 valence electrons. The van der Waals surface area contributed by atoms with Crippen molar-refractivity contribution in [2.75, 3.05) is 26.2 Å². The van der Waals surface area contributed by atoms with E-state index in [0.29, 0.717) is 19.8 Å². The van der Waals surface area contributed by atoms with E-state index in [1.807, 2.05) is 17.5 Å². The number of ether oxygens (including phenoxy) is 1. The molecule has 0 spiro atoms. The Bertz CT molecular complexity index is 260. The summed E-state index contributed by atoms with van der Waals surface area (Å²) in [4.78, 5) is 3.40. The van der Waals surface area contributed by atoms with E-state index in [1.54, 1.807) is 11.3 Å². The Morgan fingerprint density at radius 1 is 1.44 bits per heavy atom. The number of aliphatic hydroxyl groups is 1. The lowest BCUT2D eigenvalue weighted by molar-refractivity contribution is 0.0122. The summed E-state index contributed by atoms with van der Waals surface area (Å²) in [7, 11) is 0. The quantitative estimate of drug-likeness (QED) is 0.757. The summed E-state index contributed by atoms with van der Waals surface area (Å²) in [6.45, 7) is 7.85. The van der Waals surface area contributed by atoms with Gasteiger partial charge in [-0.2, -0.15) is 0 Å². The topological polar surface area (TPSA) is 32.7 Å². The van der Waals surface area contributed by atoms with Crippen LogP contribution in [0.5, 0.6) is 0 Å². The van der Waals surface area contributed by atoms with Crippen molar-refractivity contribution in [3.63, 3.8) is 0 Å². The highest BCUT2D eigenvalue weighted by molar-refractivity contribution is 7.09. The fourth-order valence-electron chi connectivity index (χ4n) is 1.52. The lowest BCUT2D eigenvalue weighted by atomic mass is 10.3. The Morgan fingerprint density at radius 3 is 2.75 bits per heavy atom. The van der Waals surface area contributed by atoms with Gasteiger partial charge in [0, 0.05) is 11.4 Å². The van der Waals surface area contributed by atoms with Crippen LogP contribution in [0, 0.1) is 0 Å². The molecule has 1 N–H and O–H groups in total. The Hall–Kier alpha value is -0.420. The van der Waals surface area contributed by atoms with Crippen molar-refractivity contribution in [1.82, 2.24) is 4.90 Å². The normalized spacial score (nSPS) is 13.2. The highest BCUT2D eigenvalue weighted by atomic mass is 32.1. The summed E-state index contributed by atoms with van der Waals surface area (Å²) in [6, 6.07) is 4.05. The van der Waals surface area contributed by atoms with E-state index in [1.165, 1.54) is 4.88 Å². The number of hydrogen-bond donors (Lipinski definition) is 1. The molecule has 1 heterocycles. The molecule has 3 nitrogen and oxygen atoms in total. The van der Waals surface area contributed by atoms with Gasteiger partial charge in [-0.25, -0.2) is 0 Å². The van der Waals surface area contributed by atoms with Crippen molar-refractivity contribution >= 4 is 11.3 Å². The second-order valence-corrected chi connectivity index (χ2v) is 4.77. The van der Waals surface area contributed by atoms with Gasteiger partial charge in [0.2, 0.25) is 0 Å². The van der Waals surface area contributed by atoms with Gasteiger partial charge in [0.15, 0.2) is 0 Å². The van der Waals surface area contributed by atoms with Crippen LogP contribution >= 0.6 is 11.3 Å². The second-order valence-electron chi connectivity index (χ2n) is 3.73. The van der Waals surface area contributed by atoms with Crippen LogP contribution in [0.2, 0.25) is 0 Å². The molecule has 0 aromatic carbocycles. The largest absolute Gasteiger partial charge is 0.389 e. The Labute approximate surface area is 102 Å². The molecule has 1 aromatic rings. The Morgan fingerprint density at radius 2 is 2.19 bits per heavy atom. The summed E-state index contributed by atoms with van der Waals surface area (Å²) in [5.41, 5.74) is 0. The van der Waals surface area contributed by atoms with Crippen LogP contribution in [0.3, 0.4) is 0 Å². The van der Waals surface area contributed by atoms with Crippen LogP contribution in [-0.2, 0) is 11.3 Å². The molecule has 1 atom stereocenters. The summed E-state index contributed by atoms with van der Waals surface area (Å²) in [5, 5.41) is 11.8. The minimum absolute atomic E-state index is 0.389. The maximum Gasteiger partial charge on any atom is 0.0900 e. The molecule has 0 radical (unpaired) electrons. The molecule has 1 aromatic heterocycles. The van der Waals surface area contributed by atoms with Gasteiger partial charge in [0.05, 0.1) is 19.3 Å². The molecule has 0 aliphatic rings. The van der Waals surface area contributed by atoms with E-state index in [4.69, 9.17) is 4.74 Å². The predicted octanol–water partition coefficient (Wildman–Crippen LogP) is 1.97. The first-order valence-electron chi connectivity index (χ1n) is 5.76. The first-order chi connectivity index (χ1) is 7.76. The second kappa shape index (κ2) is 7.79. The van der Waals surface area contributed by atoms with Crippen LogP contribution in [0.15, 0.2) is 17.5 Å². The molecule has 4 heteroatoms. The number of aliphatic hydroxyl groups excluding tert-OH is 1. The van der Waals surface area contributed by atoms with Crippen molar-refractivity contribution in [3.05, 3.63) is 22.4 Å². The number of rotatable bonds is 8. The molecule has 0 aliphatic carbocycles. The maximum absolute atomic E-state index is 9.75. The average Bonchev–Trinajstić information content (AvgIpc) is 2.79. The van der Waals surface area contributed by atoms with Crippen LogP contribution in [0.4, 0.5) is 0 Å². The third-order valence-corrected chi connectivity index (χ3v) is 3.35. The van der Waals surface area contributed by atoms with Gasteiger partial charge >= 0.3 is 0 Å². The average molecular weight is 243 g/mol. The molecular formula is C12H21NO2S. The van der Waals surface area contributed by atoms with Gasteiger partial charge in [-0.05, 0) is 24.5 Å².